The number of fused-ring (bicyclic) bond motifs is 8. The summed E-state index contributed by atoms with van der Waals surface area (Å²) >= 11 is 3.82. The van der Waals surface area contributed by atoms with Crippen LogP contribution in [-0.4, -0.2) is 9.97 Å². The van der Waals surface area contributed by atoms with Crippen LogP contribution in [0.4, 0.5) is 0 Å². The minimum Gasteiger partial charge on any atom is -0.657 e. The van der Waals surface area contributed by atoms with E-state index in [1.165, 1.54) is 0 Å². The van der Waals surface area contributed by atoms with Crippen LogP contribution in [-0.2, 0) is 39.0 Å². The van der Waals surface area contributed by atoms with Crippen molar-refractivity contribution in [3.8, 4) is 33.4 Å². The van der Waals surface area contributed by atoms with E-state index in [0.717, 1.165) is 82.7 Å². The molecule has 3 aromatic heterocycles. The number of aromatic nitrogens is 4. The van der Waals surface area contributed by atoms with Gasteiger partial charge in [0.2, 0.25) is 0 Å². The van der Waals surface area contributed by atoms with Crippen LogP contribution in [0.5, 0.6) is 0 Å². The van der Waals surface area contributed by atoms with E-state index in [2.05, 4.69) is 101 Å². The Morgan fingerprint density at radius 1 is 0.400 bits per heavy atom. The number of rotatable bonds is 3. The molecule has 7 heteroatoms. The van der Waals surface area contributed by atoms with Gasteiger partial charge in [-0.3, -0.25) is 0 Å². The van der Waals surface area contributed by atoms with Crippen molar-refractivity contribution in [2.75, 3.05) is 0 Å². The number of halogens is 1. The number of hydrogen-bond donors (Lipinski definition) is 0. The summed E-state index contributed by atoms with van der Waals surface area (Å²) in [6, 6.07) is 39.3. The van der Waals surface area contributed by atoms with Gasteiger partial charge in [-0.2, -0.15) is 0 Å². The van der Waals surface area contributed by atoms with E-state index in [9.17, 15) is 0 Å². The zero-order chi connectivity index (χ0) is 28.8. The zero-order valence-corrected chi connectivity index (χ0v) is 31.9. The van der Waals surface area contributed by atoms with Crippen molar-refractivity contribution < 1.29 is 39.0 Å². The normalized spacial score (nSPS) is 11.6. The Kier molecular flexibility index (Phi) is 9.06. The molecule has 0 aliphatic carbocycles. The maximum Gasteiger partial charge on any atom is 2.00 e. The molecule has 2 aliphatic heterocycles. The maximum absolute atomic E-state index is 5.24. The topological polar surface area (TPSA) is 54.0 Å². The van der Waals surface area contributed by atoms with E-state index >= 15 is 0 Å². The minimum absolute atomic E-state index is 0. The van der Waals surface area contributed by atoms with Crippen molar-refractivity contribution in [1.29, 1.82) is 0 Å². The van der Waals surface area contributed by atoms with Crippen LogP contribution in [0.2, 0.25) is 0 Å². The SMILES string of the molecule is Brc1c2nc(c(-c3ccccc3)c3ccc([n-]3)c(-c3ccccc3)c3nc(c(-c4ccccc4)c4ccc1[n-]4)C=C3)C=C2.[Zn+2].[Zn]. The molecule has 0 saturated heterocycles. The summed E-state index contributed by atoms with van der Waals surface area (Å²) in [6.45, 7) is 0. The molecule has 0 amide bonds. The second-order valence-electron chi connectivity index (χ2n) is 10.4. The molecular weight excluding hydrogens is 723 g/mol. The molecule has 0 N–H and O–H groups in total. The number of hydrogen-bond acceptors (Lipinski definition) is 2. The van der Waals surface area contributed by atoms with Crippen molar-refractivity contribution in [2.24, 2.45) is 0 Å². The molecule has 4 nitrogen and oxygen atoms in total. The Morgan fingerprint density at radius 3 is 1.11 bits per heavy atom. The Hall–Kier alpha value is -4.01. The smallest absolute Gasteiger partial charge is 0.657 e. The summed E-state index contributed by atoms with van der Waals surface area (Å²) in [4.78, 5) is 20.6. The van der Waals surface area contributed by atoms with E-state index < -0.39 is 0 Å². The largest absolute Gasteiger partial charge is 2.00 e. The van der Waals surface area contributed by atoms with Crippen molar-refractivity contribution in [3.63, 3.8) is 0 Å². The molecule has 0 saturated carbocycles. The average molecular weight is 746 g/mol. The molecule has 0 radical (unpaired) electrons. The first-order chi connectivity index (χ1) is 21.2. The van der Waals surface area contributed by atoms with Crippen molar-refractivity contribution in [2.45, 2.75) is 0 Å². The first-order valence-electron chi connectivity index (χ1n) is 14.1. The van der Waals surface area contributed by atoms with Crippen molar-refractivity contribution in [1.82, 2.24) is 19.9 Å². The van der Waals surface area contributed by atoms with Gasteiger partial charge in [0.1, 0.15) is 0 Å². The average Bonchev–Trinajstić information content (AvgIpc) is 3.88. The van der Waals surface area contributed by atoms with Gasteiger partial charge >= 0.3 is 19.5 Å². The maximum atomic E-state index is 5.24. The Bertz CT molecular complexity index is 2200. The molecule has 3 aromatic carbocycles. The van der Waals surface area contributed by atoms with Gasteiger partial charge in [0.15, 0.2) is 0 Å². The van der Waals surface area contributed by atoms with Gasteiger partial charge in [-0.1, -0.05) is 115 Å². The van der Waals surface area contributed by atoms with Gasteiger partial charge < -0.3 is 9.97 Å². The molecule has 8 rings (SSSR count). The third-order valence-corrected chi connectivity index (χ3v) is 8.55. The molecule has 2 aliphatic rings. The van der Waals surface area contributed by atoms with E-state index in [1.807, 2.05) is 54.6 Å². The first-order valence-corrected chi connectivity index (χ1v) is 14.9. The molecule has 0 unspecified atom stereocenters. The number of benzene rings is 3. The van der Waals surface area contributed by atoms with E-state index in [1.54, 1.807) is 0 Å². The van der Waals surface area contributed by atoms with E-state index in [-0.39, 0.29) is 39.0 Å². The standard InChI is InChI=1S/C38H23BrN4.2Zn/c39-38-33-22-20-31(42-33)36(25-12-6-2-7-13-25)29-18-16-27(40-29)35(24-10-4-1-5-11-24)28-17-19-30(41-28)37(26-14-8-3-9-15-26)32-21-23-34(38)43-32;;/h1-23H;;/q-2;;+2. The summed E-state index contributed by atoms with van der Waals surface area (Å²) in [7, 11) is 0. The fraction of sp³-hybridized carbons (Fsp3) is 0. The zero-order valence-electron chi connectivity index (χ0n) is 24.4. The molecule has 5 heterocycles. The first kappa shape index (κ1) is 31.0. The summed E-state index contributed by atoms with van der Waals surface area (Å²) in [5, 5.41) is 0. The Morgan fingerprint density at radius 2 is 0.711 bits per heavy atom. The predicted molar refractivity (Wildman–Crippen MR) is 181 cm³/mol. The fourth-order valence-corrected chi connectivity index (χ4v) is 6.20. The second kappa shape index (κ2) is 13.1. The third-order valence-electron chi connectivity index (χ3n) is 7.73. The predicted octanol–water partition coefficient (Wildman–Crippen LogP) is 9.67. The van der Waals surface area contributed by atoms with Crippen molar-refractivity contribution >= 4 is 62.3 Å². The Balaban J connectivity index is 0.00000179. The molecule has 0 fully saturated rings. The van der Waals surface area contributed by atoms with Crippen LogP contribution in [0.25, 0.3) is 79.8 Å². The molecule has 206 valence electrons. The quantitative estimate of drug-likeness (QED) is 0.169. The number of nitrogens with zero attached hydrogens (tertiary/aromatic N) is 4. The molecular formula is C38H23BrN4Zn2. The van der Waals surface area contributed by atoms with Gasteiger partial charge in [0, 0.05) is 24.0 Å². The van der Waals surface area contributed by atoms with Crippen LogP contribution in [0.3, 0.4) is 0 Å². The monoisotopic (exact) mass is 742 g/mol. The minimum atomic E-state index is 0. The van der Waals surface area contributed by atoms with Gasteiger partial charge in [-0.25, -0.2) is 9.97 Å². The molecule has 6 aromatic rings. The van der Waals surface area contributed by atoms with Gasteiger partial charge in [-0.15, -0.1) is 22.1 Å². The van der Waals surface area contributed by atoms with Crippen LogP contribution in [0.1, 0.15) is 22.8 Å². The van der Waals surface area contributed by atoms with Crippen LogP contribution in [0.15, 0.2) is 120 Å². The second-order valence-corrected chi connectivity index (χ2v) is 11.2. The summed E-state index contributed by atoms with van der Waals surface area (Å²) in [5.74, 6) is 0. The van der Waals surface area contributed by atoms with Crippen LogP contribution < -0.4 is 9.97 Å². The summed E-state index contributed by atoms with van der Waals surface area (Å²) in [6.07, 6.45) is 8.27. The van der Waals surface area contributed by atoms with E-state index in [0.29, 0.717) is 0 Å². The van der Waals surface area contributed by atoms with Crippen molar-refractivity contribution in [3.05, 3.63) is 143 Å². The van der Waals surface area contributed by atoms with Crippen LogP contribution in [0, 0.1) is 0 Å². The van der Waals surface area contributed by atoms with Gasteiger partial charge in [0.05, 0.1) is 22.8 Å². The molecule has 8 bridgehead atoms. The van der Waals surface area contributed by atoms with Crippen LogP contribution >= 0.6 is 15.9 Å². The summed E-state index contributed by atoms with van der Waals surface area (Å²) in [5.41, 5.74) is 12.9. The molecule has 45 heavy (non-hydrogen) atoms. The summed E-state index contributed by atoms with van der Waals surface area (Å²) < 4.78 is 0.837. The molecule has 0 spiro atoms. The molecule has 0 atom stereocenters. The van der Waals surface area contributed by atoms with E-state index in [4.69, 9.17) is 19.9 Å². The Labute approximate surface area is 295 Å². The van der Waals surface area contributed by atoms with Gasteiger partial charge in [-0.05, 0) is 73.6 Å². The fourth-order valence-electron chi connectivity index (χ4n) is 5.76. The van der Waals surface area contributed by atoms with Gasteiger partial charge in [0.25, 0.3) is 0 Å². The third kappa shape index (κ3) is 5.77.